The van der Waals surface area contributed by atoms with Gasteiger partial charge in [0.05, 0.1) is 6.04 Å². The number of hydrogen-bond acceptors (Lipinski definition) is 3. The topological polar surface area (TPSA) is 60.8 Å². The van der Waals surface area contributed by atoms with E-state index in [0.717, 1.165) is 33.5 Å². The van der Waals surface area contributed by atoms with E-state index in [1.54, 1.807) is 29.2 Å². The average molecular weight is 421 g/mol. The van der Waals surface area contributed by atoms with Crippen LogP contribution in [0.4, 0.5) is 5.69 Å². The Morgan fingerprint density at radius 1 is 0.688 bits per heavy atom. The SMILES string of the molecule is O=C1CCC(c2ccc(-c3cccc(O)c3)cc2O)N1c1ccc(-c2ccccc2)cc1. The number of anilines is 1. The number of phenolic OH excluding ortho intramolecular Hbond substituents is 2. The van der Waals surface area contributed by atoms with Crippen molar-refractivity contribution in [2.24, 2.45) is 0 Å². The highest BCUT2D eigenvalue weighted by atomic mass is 16.3. The summed E-state index contributed by atoms with van der Waals surface area (Å²) < 4.78 is 0. The van der Waals surface area contributed by atoms with Crippen molar-refractivity contribution in [2.45, 2.75) is 18.9 Å². The molecule has 2 N–H and O–H groups in total. The second kappa shape index (κ2) is 8.23. The molecule has 4 nitrogen and oxygen atoms in total. The van der Waals surface area contributed by atoms with E-state index >= 15 is 0 Å². The van der Waals surface area contributed by atoms with E-state index in [1.165, 1.54) is 0 Å². The lowest BCUT2D eigenvalue weighted by Crippen LogP contribution is -2.27. The predicted octanol–water partition coefficient (Wildman–Crippen LogP) is 6.30. The Balaban J connectivity index is 1.45. The monoisotopic (exact) mass is 421 g/mol. The Morgan fingerprint density at radius 2 is 1.34 bits per heavy atom. The van der Waals surface area contributed by atoms with Gasteiger partial charge in [-0.05, 0) is 59.0 Å². The lowest BCUT2D eigenvalue weighted by molar-refractivity contribution is -0.117. The van der Waals surface area contributed by atoms with Crippen LogP contribution in [0.15, 0.2) is 97.1 Å². The zero-order valence-electron chi connectivity index (χ0n) is 17.5. The second-order valence-electron chi connectivity index (χ2n) is 8.06. The van der Waals surface area contributed by atoms with Crippen molar-refractivity contribution in [1.29, 1.82) is 0 Å². The Labute approximate surface area is 187 Å². The van der Waals surface area contributed by atoms with Crippen molar-refractivity contribution in [3.05, 3.63) is 103 Å². The molecule has 0 aliphatic carbocycles. The maximum Gasteiger partial charge on any atom is 0.227 e. The van der Waals surface area contributed by atoms with Crippen LogP contribution in [0, 0.1) is 0 Å². The molecule has 1 saturated heterocycles. The summed E-state index contributed by atoms with van der Waals surface area (Å²) >= 11 is 0. The van der Waals surface area contributed by atoms with Crippen LogP contribution in [0.25, 0.3) is 22.3 Å². The highest BCUT2D eigenvalue weighted by Gasteiger charge is 2.34. The van der Waals surface area contributed by atoms with E-state index in [1.807, 2.05) is 60.7 Å². The van der Waals surface area contributed by atoms with E-state index in [9.17, 15) is 15.0 Å². The van der Waals surface area contributed by atoms with E-state index < -0.39 is 0 Å². The van der Waals surface area contributed by atoms with E-state index in [2.05, 4.69) is 12.1 Å². The predicted molar refractivity (Wildman–Crippen MR) is 127 cm³/mol. The van der Waals surface area contributed by atoms with Gasteiger partial charge < -0.3 is 15.1 Å². The summed E-state index contributed by atoms with van der Waals surface area (Å²) in [5.41, 5.74) is 5.41. The fourth-order valence-corrected chi connectivity index (χ4v) is 4.44. The second-order valence-corrected chi connectivity index (χ2v) is 8.06. The minimum atomic E-state index is -0.219. The number of aromatic hydroxyl groups is 2. The Morgan fingerprint density at radius 3 is 2.06 bits per heavy atom. The maximum absolute atomic E-state index is 12.8. The van der Waals surface area contributed by atoms with E-state index in [0.29, 0.717) is 12.8 Å². The third-order valence-corrected chi connectivity index (χ3v) is 6.03. The van der Waals surface area contributed by atoms with Gasteiger partial charge in [0.25, 0.3) is 0 Å². The Kier molecular flexibility index (Phi) is 5.12. The van der Waals surface area contributed by atoms with Crippen molar-refractivity contribution in [3.8, 4) is 33.8 Å². The number of phenols is 2. The van der Waals surface area contributed by atoms with Gasteiger partial charge in [-0.3, -0.25) is 4.79 Å². The van der Waals surface area contributed by atoms with Crippen molar-refractivity contribution in [2.75, 3.05) is 4.90 Å². The molecule has 1 aliphatic rings. The fraction of sp³-hybridized carbons (Fsp3) is 0.107. The summed E-state index contributed by atoms with van der Waals surface area (Å²) in [7, 11) is 0. The molecule has 1 atom stereocenters. The third kappa shape index (κ3) is 3.71. The minimum Gasteiger partial charge on any atom is -0.508 e. The standard InChI is InChI=1S/C28H23NO3/c30-24-8-4-7-21(17-24)22-11-14-25(27(31)18-22)26-15-16-28(32)29(26)23-12-9-20(10-13-23)19-5-2-1-3-6-19/h1-14,17-18,26,30-31H,15-16H2. The summed E-state index contributed by atoms with van der Waals surface area (Å²) in [6, 6.07) is 30.3. The molecule has 1 amide bonds. The number of carbonyl (C=O) groups is 1. The van der Waals surface area contributed by atoms with E-state index in [4.69, 9.17) is 0 Å². The summed E-state index contributed by atoms with van der Waals surface area (Å²) in [5, 5.41) is 20.6. The molecule has 4 aromatic carbocycles. The van der Waals surface area contributed by atoms with Gasteiger partial charge in [0.1, 0.15) is 11.5 Å². The molecule has 1 aliphatic heterocycles. The maximum atomic E-state index is 12.8. The van der Waals surface area contributed by atoms with Crippen LogP contribution in [0.3, 0.4) is 0 Å². The number of nitrogens with zero attached hydrogens (tertiary/aromatic N) is 1. The van der Waals surface area contributed by atoms with Gasteiger partial charge in [-0.15, -0.1) is 0 Å². The molecular weight excluding hydrogens is 398 g/mol. The molecule has 0 radical (unpaired) electrons. The summed E-state index contributed by atoms with van der Waals surface area (Å²) in [5.74, 6) is 0.382. The van der Waals surface area contributed by atoms with Crippen molar-refractivity contribution < 1.29 is 15.0 Å². The van der Waals surface area contributed by atoms with Crippen LogP contribution >= 0.6 is 0 Å². The lowest BCUT2D eigenvalue weighted by atomic mass is 9.97. The summed E-state index contributed by atoms with van der Waals surface area (Å²) in [6.45, 7) is 0. The van der Waals surface area contributed by atoms with Gasteiger partial charge in [-0.2, -0.15) is 0 Å². The molecule has 0 aromatic heterocycles. The third-order valence-electron chi connectivity index (χ3n) is 6.03. The van der Waals surface area contributed by atoms with Gasteiger partial charge >= 0.3 is 0 Å². The number of carbonyl (C=O) groups excluding carboxylic acids is 1. The molecule has 4 heteroatoms. The zero-order chi connectivity index (χ0) is 22.1. The Hall–Kier alpha value is -4.05. The molecule has 1 unspecified atom stereocenters. The highest BCUT2D eigenvalue weighted by molar-refractivity contribution is 5.97. The van der Waals surface area contributed by atoms with Crippen LogP contribution in [0.2, 0.25) is 0 Å². The van der Waals surface area contributed by atoms with Crippen LogP contribution in [-0.2, 0) is 4.79 Å². The molecule has 1 heterocycles. The van der Waals surface area contributed by atoms with Crippen molar-refractivity contribution in [1.82, 2.24) is 0 Å². The first-order valence-corrected chi connectivity index (χ1v) is 10.7. The first-order valence-electron chi connectivity index (χ1n) is 10.7. The molecule has 1 fully saturated rings. The molecule has 158 valence electrons. The quantitative estimate of drug-likeness (QED) is 0.406. The lowest BCUT2D eigenvalue weighted by Gasteiger charge is -2.26. The Bertz CT molecular complexity index is 1270. The van der Waals surface area contributed by atoms with Gasteiger partial charge in [0.2, 0.25) is 5.91 Å². The molecular formula is C28H23NO3. The largest absolute Gasteiger partial charge is 0.508 e. The van der Waals surface area contributed by atoms with Gasteiger partial charge in [0.15, 0.2) is 0 Å². The highest BCUT2D eigenvalue weighted by Crippen LogP contribution is 2.42. The van der Waals surface area contributed by atoms with Gasteiger partial charge in [0, 0.05) is 17.7 Å². The smallest absolute Gasteiger partial charge is 0.227 e. The number of rotatable bonds is 4. The van der Waals surface area contributed by atoms with Gasteiger partial charge in [-0.1, -0.05) is 66.7 Å². The molecule has 0 bridgehead atoms. The first-order chi connectivity index (χ1) is 15.6. The molecule has 4 aromatic rings. The fourth-order valence-electron chi connectivity index (χ4n) is 4.44. The molecule has 5 rings (SSSR count). The minimum absolute atomic E-state index is 0.0546. The normalized spacial score (nSPS) is 15.8. The van der Waals surface area contributed by atoms with Gasteiger partial charge in [-0.25, -0.2) is 0 Å². The number of amides is 1. The molecule has 0 spiro atoms. The summed E-state index contributed by atoms with van der Waals surface area (Å²) in [6.07, 6.45) is 1.09. The average Bonchev–Trinajstić information content (AvgIpc) is 3.20. The van der Waals surface area contributed by atoms with Crippen LogP contribution in [0.1, 0.15) is 24.4 Å². The molecule has 32 heavy (non-hydrogen) atoms. The summed E-state index contributed by atoms with van der Waals surface area (Å²) in [4.78, 5) is 14.6. The van der Waals surface area contributed by atoms with Crippen LogP contribution in [0.5, 0.6) is 11.5 Å². The first kappa shape index (κ1) is 19.9. The molecule has 0 saturated carbocycles. The zero-order valence-corrected chi connectivity index (χ0v) is 17.5. The van der Waals surface area contributed by atoms with Crippen molar-refractivity contribution >= 4 is 11.6 Å². The van der Waals surface area contributed by atoms with E-state index in [-0.39, 0.29) is 23.4 Å². The van der Waals surface area contributed by atoms with Crippen molar-refractivity contribution in [3.63, 3.8) is 0 Å². The van der Waals surface area contributed by atoms with Crippen LogP contribution in [-0.4, -0.2) is 16.1 Å². The number of benzene rings is 4. The number of hydrogen-bond donors (Lipinski definition) is 2. The van der Waals surface area contributed by atoms with Crippen LogP contribution < -0.4 is 4.90 Å².